The van der Waals surface area contributed by atoms with Crippen molar-refractivity contribution in [1.29, 1.82) is 0 Å². The zero-order valence-corrected chi connectivity index (χ0v) is 13.6. The highest BCUT2D eigenvalue weighted by Crippen LogP contribution is 2.25. The summed E-state index contributed by atoms with van der Waals surface area (Å²) in [6.07, 6.45) is 3.31. The molecule has 8 heteroatoms. The zero-order chi connectivity index (χ0) is 17.8. The summed E-state index contributed by atoms with van der Waals surface area (Å²) in [6.45, 7) is 1.53. The predicted molar refractivity (Wildman–Crippen MR) is 90.9 cm³/mol. The molecule has 1 atom stereocenters. The van der Waals surface area contributed by atoms with Gasteiger partial charge in [-0.15, -0.1) is 0 Å². The number of ether oxygens (including phenoxy) is 1. The molecule has 2 amide bonds. The highest BCUT2D eigenvalue weighted by atomic mass is 16.5. The van der Waals surface area contributed by atoms with Crippen molar-refractivity contribution in [2.75, 3.05) is 12.4 Å². The van der Waals surface area contributed by atoms with E-state index in [-0.39, 0.29) is 0 Å². The van der Waals surface area contributed by atoms with Crippen molar-refractivity contribution in [3.63, 3.8) is 0 Å². The van der Waals surface area contributed by atoms with Crippen molar-refractivity contribution in [1.82, 2.24) is 15.3 Å². The molecule has 0 saturated carbocycles. The summed E-state index contributed by atoms with van der Waals surface area (Å²) < 4.78 is 10.3. The Bertz CT molecular complexity index is 907. The van der Waals surface area contributed by atoms with Crippen molar-refractivity contribution in [2.45, 2.75) is 13.0 Å². The Labute approximate surface area is 143 Å². The Kier molecular flexibility index (Phi) is 4.60. The summed E-state index contributed by atoms with van der Waals surface area (Å²) in [5.41, 5.74) is 2.54. The molecule has 3 aromatic rings. The molecule has 0 aliphatic rings. The van der Waals surface area contributed by atoms with Crippen LogP contribution in [-0.4, -0.2) is 35.1 Å². The predicted octanol–water partition coefficient (Wildman–Crippen LogP) is 2.57. The number of oxazole rings is 1. The molecule has 0 fully saturated rings. The molecule has 2 heterocycles. The molecule has 0 spiro atoms. The number of benzene rings is 1. The van der Waals surface area contributed by atoms with Gasteiger partial charge in [0.05, 0.1) is 7.11 Å². The van der Waals surface area contributed by atoms with E-state index in [1.165, 1.54) is 14.0 Å². The lowest BCUT2D eigenvalue weighted by molar-refractivity contribution is -0.142. The van der Waals surface area contributed by atoms with Gasteiger partial charge in [-0.3, -0.25) is 4.98 Å². The van der Waals surface area contributed by atoms with Crippen LogP contribution in [0.2, 0.25) is 0 Å². The van der Waals surface area contributed by atoms with Gasteiger partial charge in [0, 0.05) is 23.6 Å². The van der Waals surface area contributed by atoms with Gasteiger partial charge < -0.3 is 19.8 Å². The number of aromatic nitrogens is 2. The summed E-state index contributed by atoms with van der Waals surface area (Å²) in [5, 5.41) is 5.13. The molecule has 1 aromatic carbocycles. The molecule has 0 radical (unpaired) electrons. The van der Waals surface area contributed by atoms with Crippen LogP contribution in [0, 0.1) is 0 Å². The van der Waals surface area contributed by atoms with E-state index in [1.54, 1.807) is 42.7 Å². The average molecular weight is 340 g/mol. The summed E-state index contributed by atoms with van der Waals surface area (Å²) in [6, 6.07) is 7.41. The number of carbonyl (C=O) groups excluding carboxylic acids is 2. The minimum absolute atomic E-state index is 0.471. The van der Waals surface area contributed by atoms with Crippen LogP contribution in [0.3, 0.4) is 0 Å². The topological polar surface area (TPSA) is 106 Å². The molecule has 0 bridgehead atoms. The van der Waals surface area contributed by atoms with Crippen molar-refractivity contribution < 1.29 is 18.7 Å². The van der Waals surface area contributed by atoms with Crippen LogP contribution in [0.4, 0.5) is 10.5 Å². The van der Waals surface area contributed by atoms with E-state index < -0.39 is 18.0 Å². The molecule has 3 rings (SSSR count). The molecule has 0 aliphatic heterocycles. The maximum Gasteiger partial charge on any atom is 0.328 e. The number of hydrogen-bond acceptors (Lipinski definition) is 6. The van der Waals surface area contributed by atoms with E-state index in [0.29, 0.717) is 22.7 Å². The minimum Gasteiger partial charge on any atom is -0.467 e. The van der Waals surface area contributed by atoms with E-state index in [0.717, 1.165) is 5.56 Å². The number of anilines is 1. The molecule has 25 heavy (non-hydrogen) atoms. The van der Waals surface area contributed by atoms with Gasteiger partial charge in [-0.2, -0.15) is 0 Å². The van der Waals surface area contributed by atoms with Crippen LogP contribution >= 0.6 is 0 Å². The normalized spacial score (nSPS) is 11.8. The number of pyridine rings is 1. The number of carbonyl (C=O) groups is 2. The van der Waals surface area contributed by atoms with Crippen molar-refractivity contribution in [3.8, 4) is 11.5 Å². The first-order valence-electron chi connectivity index (χ1n) is 7.53. The zero-order valence-electron chi connectivity index (χ0n) is 13.6. The third-order valence-corrected chi connectivity index (χ3v) is 3.48. The number of urea groups is 1. The number of fused-ring (bicyclic) bond motifs is 1. The maximum absolute atomic E-state index is 11.9. The first-order chi connectivity index (χ1) is 12.1. The molecule has 0 aliphatic carbocycles. The summed E-state index contributed by atoms with van der Waals surface area (Å²) in [5.74, 6) is -0.0533. The van der Waals surface area contributed by atoms with Crippen molar-refractivity contribution in [3.05, 3.63) is 42.7 Å². The second-order valence-corrected chi connectivity index (χ2v) is 5.28. The summed E-state index contributed by atoms with van der Waals surface area (Å²) in [4.78, 5) is 31.6. The highest BCUT2D eigenvalue weighted by molar-refractivity contribution is 5.94. The maximum atomic E-state index is 11.9. The fourth-order valence-corrected chi connectivity index (χ4v) is 2.22. The van der Waals surface area contributed by atoms with Crippen LogP contribution in [0.15, 0.2) is 47.1 Å². The number of amides is 2. The quantitative estimate of drug-likeness (QED) is 0.707. The average Bonchev–Trinajstić information content (AvgIpc) is 3.05. The standard InChI is InChI=1S/C17H16N4O4/c1-10(16(22)24-2)19-17(23)20-12-3-4-14-13(9-12)21-15(25-14)11-5-7-18-8-6-11/h3-10H,1-2H3,(H2,19,20,23). The van der Waals surface area contributed by atoms with Gasteiger partial charge in [0.15, 0.2) is 5.58 Å². The van der Waals surface area contributed by atoms with E-state index in [1.807, 2.05) is 0 Å². The van der Waals surface area contributed by atoms with Crippen molar-refractivity contribution in [2.24, 2.45) is 0 Å². The summed E-state index contributed by atoms with van der Waals surface area (Å²) in [7, 11) is 1.26. The number of nitrogens with zero attached hydrogens (tertiary/aromatic N) is 2. The molecule has 2 aromatic heterocycles. The molecule has 2 N–H and O–H groups in total. The SMILES string of the molecule is COC(=O)C(C)NC(=O)Nc1ccc2oc(-c3ccncc3)nc2c1. The third-order valence-electron chi connectivity index (χ3n) is 3.48. The van der Waals surface area contributed by atoms with Crippen LogP contribution in [-0.2, 0) is 9.53 Å². The van der Waals surface area contributed by atoms with Gasteiger partial charge in [-0.05, 0) is 37.3 Å². The van der Waals surface area contributed by atoms with Gasteiger partial charge >= 0.3 is 12.0 Å². The fourth-order valence-electron chi connectivity index (χ4n) is 2.22. The van der Waals surface area contributed by atoms with Crippen LogP contribution in [0.5, 0.6) is 0 Å². The Morgan fingerprint density at radius 2 is 1.96 bits per heavy atom. The van der Waals surface area contributed by atoms with Crippen molar-refractivity contribution >= 4 is 28.8 Å². The molecular formula is C17H16N4O4. The lowest BCUT2D eigenvalue weighted by atomic mass is 10.3. The molecule has 128 valence electrons. The third kappa shape index (κ3) is 3.74. The number of nitrogens with one attached hydrogen (secondary N) is 2. The molecule has 0 saturated heterocycles. The fraction of sp³-hybridized carbons (Fsp3) is 0.176. The monoisotopic (exact) mass is 340 g/mol. The van der Waals surface area contributed by atoms with Gasteiger partial charge in [-0.25, -0.2) is 14.6 Å². The number of hydrogen-bond donors (Lipinski definition) is 2. The Morgan fingerprint density at radius 1 is 1.20 bits per heavy atom. The first kappa shape index (κ1) is 16.4. The molecule has 8 nitrogen and oxygen atoms in total. The van der Waals surface area contributed by atoms with E-state index >= 15 is 0 Å². The highest BCUT2D eigenvalue weighted by Gasteiger charge is 2.16. The van der Waals surface area contributed by atoms with Crippen LogP contribution in [0.1, 0.15) is 6.92 Å². The van der Waals surface area contributed by atoms with Gasteiger partial charge in [0.2, 0.25) is 5.89 Å². The van der Waals surface area contributed by atoms with E-state index in [2.05, 4.69) is 25.3 Å². The van der Waals surface area contributed by atoms with Crippen LogP contribution < -0.4 is 10.6 Å². The largest absolute Gasteiger partial charge is 0.467 e. The Hall–Kier alpha value is -3.42. The number of esters is 1. The lowest BCUT2D eigenvalue weighted by Crippen LogP contribution is -2.41. The Morgan fingerprint density at radius 3 is 2.68 bits per heavy atom. The Balaban J connectivity index is 1.75. The second kappa shape index (κ2) is 7.00. The van der Waals surface area contributed by atoms with Gasteiger partial charge in [0.1, 0.15) is 11.6 Å². The second-order valence-electron chi connectivity index (χ2n) is 5.28. The minimum atomic E-state index is -0.751. The smallest absolute Gasteiger partial charge is 0.328 e. The first-order valence-corrected chi connectivity index (χ1v) is 7.53. The van der Waals surface area contributed by atoms with Gasteiger partial charge in [0.25, 0.3) is 0 Å². The van der Waals surface area contributed by atoms with Crippen LogP contribution in [0.25, 0.3) is 22.6 Å². The number of methoxy groups -OCH3 is 1. The van der Waals surface area contributed by atoms with Gasteiger partial charge in [-0.1, -0.05) is 0 Å². The summed E-state index contributed by atoms with van der Waals surface area (Å²) >= 11 is 0. The van der Waals surface area contributed by atoms with E-state index in [4.69, 9.17) is 4.42 Å². The molecule has 1 unspecified atom stereocenters. The molecular weight excluding hydrogens is 324 g/mol. The number of rotatable bonds is 4. The van der Waals surface area contributed by atoms with E-state index in [9.17, 15) is 9.59 Å². The lowest BCUT2D eigenvalue weighted by Gasteiger charge is -2.12.